The molecule has 3 heteroatoms. The molecule has 0 atom stereocenters. The summed E-state index contributed by atoms with van der Waals surface area (Å²) in [4.78, 5) is 2.50. The van der Waals surface area contributed by atoms with Crippen molar-refractivity contribution in [2.24, 2.45) is 0 Å². The van der Waals surface area contributed by atoms with E-state index in [0.717, 1.165) is 31.9 Å². The molecule has 3 nitrogen and oxygen atoms in total. The van der Waals surface area contributed by atoms with Crippen LogP contribution in [0.1, 0.15) is 39.2 Å². The first-order valence-electron chi connectivity index (χ1n) is 8.39. The van der Waals surface area contributed by atoms with Gasteiger partial charge < -0.3 is 10.1 Å². The summed E-state index contributed by atoms with van der Waals surface area (Å²) in [5, 5.41) is 3.70. The zero-order chi connectivity index (χ0) is 15.9. The predicted octanol–water partition coefficient (Wildman–Crippen LogP) is 3.60. The highest BCUT2D eigenvalue weighted by molar-refractivity contribution is 5.33. The number of hydrogen-bond acceptors (Lipinski definition) is 3. The smallest absolute Gasteiger partial charge is 0.124 e. The Morgan fingerprint density at radius 2 is 2.00 bits per heavy atom. The van der Waals surface area contributed by atoms with E-state index in [1.807, 2.05) is 6.07 Å². The molecule has 1 fully saturated rings. The Kier molecular flexibility index (Phi) is 6.47. The summed E-state index contributed by atoms with van der Waals surface area (Å²) in [7, 11) is 0. The van der Waals surface area contributed by atoms with Crippen molar-refractivity contribution >= 4 is 0 Å². The van der Waals surface area contributed by atoms with E-state index >= 15 is 0 Å². The molecule has 0 saturated carbocycles. The van der Waals surface area contributed by atoms with Crippen molar-refractivity contribution in [1.29, 1.82) is 0 Å². The second-order valence-corrected chi connectivity index (χ2v) is 6.66. The van der Waals surface area contributed by atoms with Gasteiger partial charge in [-0.3, -0.25) is 4.90 Å². The molecule has 0 spiro atoms. The molecule has 122 valence electrons. The molecular formula is C19H30N2O. The van der Waals surface area contributed by atoms with Crippen LogP contribution in [0, 0.1) is 0 Å². The molecule has 0 unspecified atom stereocenters. The van der Waals surface area contributed by atoms with Gasteiger partial charge in [0.2, 0.25) is 0 Å². The van der Waals surface area contributed by atoms with Crippen LogP contribution in [0.15, 0.2) is 36.4 Å². The van der Waals surface area contributed by atoms with Crippen LogP contribution >= 0.6 is 0 Å². The summed E-state index contributed by atoms with van der Waals surface area (Å²) in [6.45, 7) is 14.5. The van der Waals surface area contributed by atoms with Crippen LogP contribution in [-0.4, -0.2) is 36.7 Å². The number of nitrogens with one attached hydrogen (secondary N) is 1. The Bertz CT molecular complexity index is 476. The molecule has 0 radical (unpaired) electrons. The van der Waals surface area contributed by atoms with Crippen molar-refractivity contribution in [2.75, 3.05) is 19.6 Å². The number of likely N-dealkylation sites (tertiary alicyclic amines) is 1. The molecule has 22 heavy (non-hydrogen) atoms. The monoisotopic (exact) mass is 302 g/mol. The lowest BCUT2D eigenvalue weighted by molar-refractivity contribution is 0.209. The summed E-state index contributed by atoms with van der Waals surface area (Å²) in [6, 6.07) is 8.94. The zero-order valence-corrected chi connectivity index (χ0v) is 14.3. The minimum Gasteiger partial charge on any atom is -0.491 e. The van der Waals surface area contributed by atoms with E-state index in [1.54, 1.807) is 0 Å². The van der Waals surface area contributed by atoms with Gasteiger partial charge in [0, 0.05) is 24.7 Å². The molecular weight excluding hydrogens is 272 g/mol. The highest BCUT2D eigenvalue weighted by Gasteiger charge is 2.18. The largest absolute Gasteiger partial charge is 0.491 e. The van der Waals surface area contributed by atoms with Crippen LogP contribution in [0.4, 0.5) is 0 Å². The third-order valence-electron chi connectivity index (χ3n) is 4.00. The van der Waals surface area contributed by atoms with Crippen LogP contribution in [0.5, 0.6) is 5.75 Å². The quantitative estimate of drug-likeness (QED) is 0.779. The third-order valence-corrected chi connectivity index (χ3v) is 4.00. The maximum atomic E-state index is 5.89. The van der Waals surface area contributed by atoms with Crippen molar-refractivity contribution in [2.45, 2.75) is 52.3 Å². The van der Waals surface area contributed by atoms with E-state index < -0.39 is 0 Å². The van der Waals surface area contributed by atoms with Crippen molar-refractivity contribution in [3.63, 3.8) is 0 Å². The zero-order valence-electron chi connectivity index (χ0n) is 14.3. The highest BCUT2D eigenvalue weighted by Crippen LogP contribution is 2.20. The molecule has 1 aromatic carbocycles. The average Bonchev–Trinajstić information content (AvgIpc) is 2.47. The molecule has 1 N–H and O–H groups in total. The second-order valence-electron chi connectivity index (χ2n) is 6.66. The molecule has 1 aliphatic heterocycles. The van der Waals surface area contributed by atoms with Crippen molar-refractivity contribution in [3.8, 4) is 5.75 Å². The first-order valence-corrected chi connectivity index (χ1v) is 8.39. The first-order chi connectivity index (χ1) is 10.5. The molecule has 0 aromatic heterocycles. The predicted molar refractivity (Wildman–Crippen MR) is 93.3 cm³/mol. The summed E-state index contributed by atoms with van der Waals surface area (Å²) >= 11 is 0. The minimum absolute atomic E-state index is 0.214. The molecule has 0 aliphatic carbocycles. The molecule has 1 aromatic rings. The maximum Gasteiger partial charge on any atom is 0.124 e. The second kappa shape index (κ2) is 8.35. The Morgan fingerprint density at radius 1 is 1.32 bits per heavy atom. The maximum absolute atomic E-state index is 5.89. The topological polar surface area (TPSA) is 24.5 Å². The summed E-state index contributed by atoms with van der Waals surface area (Å²) in [5.41, 5.74) is 2.51. The van der Waals surface area contributed by atoms with Gasteiger partial charge in [-0.25, -0.2) is 0 Å². The lowest BCUT2D eigenvalue weighted by Gasteiger charge is -2.32. The number of piperidine rings is 1. The van der Waals surface area contributed by atoms with E-state index in [0.29, 0.717) is 6.04 Å². The molecule has 2 rings (SSSR count). The molecule has 0 amide bonds. The van der Waals surface area contributed by atoms with Crippen molar-refractivity contribution in [1.82, 2.24) is 10.2 Å². The highest BCUT2D eigenvalue weighted by atomic mass is 16.5. The molecule has 1 aliphatic rings. The fraction of sp³-hybridized carbons (Fsp3) is 0.579. The number of ether oxygens (including phenoxy) is 1. The Balaban J connectivity index is 1.81. The standard InChI is InChI=1S/C19H30N2O/c1-15(2)14-21-11-9-18(10-12-21)20-13-17-7-5-6-8-19(17)22-16(3)4/h5-8,16,18,20H,1,9-14H2,2-4H3. The Labute approximate surface area is 135 Å². The number of hydrogen-bond donors (Lipinski definition) is 1. The van der Waals surface area contributed by atoms with Gasteiger partial charge in [0.05, 0.1) is 6.10 Å². The third kappa shape index (κ3) is 5.47. The average molecular weight is 302 g/mol. The van der Waals surface area contributed by atoms with Gasteiger partial charge in [0.15, 0.2) is 0 Å². The van der Waals surface area contributed by atoms with E-state index in [1.165, 1.54) is 24.0 Å². The Hall–Kier alpha value is -1.32. The molecule has 1 saturated heterocycles. The number of nitrogens with zero attached hydrogens (tertiary/aromatic N) is 1. The molecule has 0 bridgehead atoms. The van der Waals surface area contributed by atoms with Crippen LogP contribution < -0.4 is 10.1 Å². The lowest BCUT2D eigenvalue weighted by Crippen LogP contribution is -2.42. The van der Waals surface area contributed by atoms with Gasteiger partial charge in [-0.1, -0.05) is 30.4 Å². The van der Waals surface area contributed by atoms with E-state index in [2.05, 4.69) is 55.8 Å². The lowest BCUT2D eigenvalue weighted by atomic mass is 10.0. The summed E-state index contributed by atoms with van der Waals surface area (Å²) < 4.78 is 5.89. The van der Waals surface area contributed by atoms with Crippen molar-refractivity contribution < 1.29 is 4.74 Å². The first kappa shape index (κ1) is 17.0. The van der Waals surface area contributed by atoms with Crippen LogP contribution in [0.3, 0.4) is 0 Å². The molecule has 1 heterocycles. The van der Waals surface area contributed by atoms with Crippen LogP contribution in [0.25, 0.3) is 0 Å². The van der Waals surface area contributed by atoms with Crippen molar-refractivity contribution in [3.05, 3.63) is 42.0 Å². The fourth-order valence-electron chi connectivity index (χ4n) is 2.95. The fourth-order valence-corrected chi connectivity index (χ4v) is 2.95. The van der Waals surface area contributed by atoms with Gasteiger partial charge in [-0.05, 0) is 52.8 Å². The van der Waals surface area contributed by atoms with Crippen LogP contribution in [-0.2, 0) is 6.54 Å². The summed E-state index contributed by atoms with van der Waals surface area (Å²) in [5.74, 6) is 1.00. The number of rotatable bonds is 7. The number of para-hydroxylation sites is 1. The van der Waals surface area contributed by atoms with Crippen LogP contribution in [0.2, 0.25) is 0 Å². The van der Waals surface area contributed by atoms with Gasteiger partial charge in [-0.2, -0.15) is 0 Å². The normalized spacial score (nSPS) is 16.9. The summed E-state index contributed by atoms with van der Waals surface area (Å²) in [6.07, 6.45) is 2.63. The minimum atomic E-state index is 0.214. The van der Waals surface area contributed by atoms with Gasteiger partial charge in [-0.15, -0.1) is 0 Å². The SMILES string of the molecule is C=C(C)CN1CCC(NCc2ccccc2OC(C)C)CC1. The van der Waals surface area contributed by atoms with E-state index in [9.17, 15) is 0 Å². The van der Waals surface area contributed by atoms with Gasteiger partial charge >= 0.3 is 0 Å². The van der Waals surface area contributed by atoms with E-state index in [4.69, 9.17) is 4.74 Å². The van der Waals surface area contributed by atoms with E-state index in [-0.39, 0.29) is 6.10 Å². The van der Waals surface area contributed by atoms with Gasteiger partial charge in [0.25, 0.3) is 0 Å². The Morgan fingerprint density at radius 3 is 2.64 bits per heavy atom. The van der Waals surface area contributed by atoms with Gasteiger partial charge in [0.1, 0.15) is 5.75 Å². The number of benzene rings is 1.